The molecule has 1 atom stereocenters. The molecule has 6 nitrogen and oxygen atoms in total. The van der Waals surface area contributed by atoms with E-state index in [4.69, 9.17) is 5.73 Å². The molecule has 0 amide bonds. The van der Waals surface area contributed by atoms with Crippen LogP contribution in [0.5, 0.6) is 0 Å². The van der Waals surface area contributed by atoms with Crippen molar-refractivity contribution in [2.45, 2.75) is 19.9 Å². The first-order chi connectivity index (χ1) is 6.78. The Morgan fingerprint density at radius 3 is 2.40 bits per heavy atom. The van der Waals surface area contributed by atoms with Gasteiger partial charge in [-0.05, 0) is 5.92 Å². The van der Waals surface area contributed by atoms with Crippen LogP contribution < -0.4 is 10.5 Å². The zero-order chi connectivity index (χ0) is 12.1. The molecule has 0 rings (SSSR count). The summed E-state index contributed by atoms with van der Waals surface area (Å²) in [5, 5.41) is 0. The summed E-state index contributed by atoms with van der Waals surface area (Å²) in [5.74, 6) is -1.29. The molecule has 3 N–H and O–H groups in total. The summed E-state index contributed by atoms with van der Waals surface area (Å²) >= 11 is 0. The normalized spacial score (nSPS) is 13.9. The second-order valence-corrected chi connectivity index (χ2v) is 5.40. The van der Waals surface area contributed by atoms with Crippen LogP contribution in [0.2, 0.25) is 0 Å². The minimum Gasteiger partial charge on any atom is -0.468 e. The molecule has 0 aliphatic heterocycles. The van der Waals surface area contributed by atoms with Crippen LogP contribution >= 0.6 is 0 Å². The van der Waals surface area contributed by atoms with Crippen LogP contribution in [0.1, 0.15) is 13.8 Å². The third-order valence-electron chi connectivity index (χ3n) is 1.93. The first-order valence-electron chi connectivity index (χ1n) is 4.58. The topological polar surface area (TPSA) is 98.5 Å². The van der Waals surface area contributed by atoms with E-state index in [1.165, 1.54) is 0 Å². The summed E-state index contributed by atoms with van der Waals surface area (Å²) < 4.78 is 29.0. The number of carbonyl (C=O) groups is 1. The summed E-state index contributed by atoms with van der Waals surface area (Å²) in [7, 11) is -2.49. The Hall–Kier alpha value is -0.660. The van der Waals surface area contributed by atoms with Gasteiger partial charge in [0.05, 0.1) is 7.11 Å². The second kappa shape index (κ2) is 6.04. The zero-order valence-corrected chi connectivity index (χ0v) is 10.0. The Labute approximate surface area is 90.2 Å². The minimum atomic E-state index is -3.63. The van der Waals surface area contributed by atoms with Gasteiger partial charge in [-0.2, -0.15) is 0 Å². The smallest absolute Gasteiger partial charge is 0.322 e. The molecule has 0 aromatic heterocycles. The van der Waals surface area contributed by atoms with E-state index in [1.807, 2.05) is 13.8 Å². The van der Waals surface area contributed by atoms with E-state index >= 15 is 0 Å². The molecule has 1 unspecified atom stereocenters. The van der Waals surface area contributed by atoms with Gasteiger partial charge in [-0.15, -0.1) is 0 Å². The maximum atomic E-state index is 11.3. The van der Waals surface area contributed by atoms with Gasteiger partial charge in [-0.1, -0.05) is 13.8 Å². The predicted molar refractivity (Wildman–Crippen MR) is 56.6 cm³/mol. The number of sulfonamides is 1. The van der Waals surface area contributed by atoms with Gasteiger partial charge in [-0.25, -0.2) is 13.1 Å². The average Bonchev–Trinajstić information content (AvgIpc) is 2.13. The summed E-state index contributed by atoms with van der Waals surface area (Å²) in [4.78, 5) is 10.7. The molecule has 0 aromatic rings. The first kappa shape index (κ1) is 14.3. The Balaban J connectivity index is 4.11. The SMILES string of the molecule is COC(=O)CS(=O)(=O)NCC(N)C(C)C. The van der Waals surface area contributed by atoms with Gasteiger partial charge in [0, 0.05) is 12.6 Å². The highest BCUT2D eigenvalue weighted by Crippen LogP contribution is 1.97. The summed E-state index contributed by atoms with van der Waals surface area (Å²) in [6.45, 7) is 3.90. The Morgan fingerprint density at radius 2 is 2.00 bits per heavy atom. The fourth-order valence-corrected chi connectivity index (χ4v) is 1.70. The molecule has 0 saturated carbocycles. The van der Waals surface area contributed by atoms with Crippen molar-refractivity contribution in [3.8, 4) is 0 Å². The molecular weight excluding hydrogens is 220 g/mol. The molecule has 0 fully saturated rings. The number of ether oxygens (including phenoxy) is 1. The van der Waals surface area contributed by atoms with Crippen molar-refractivity contribution in [2.24, 2.45) is 11.7 Å². The van der Waals surface area contributed by atoms with Crippen LogP contribution in [0, 0.1) is 5.92 Å². The van der Waals surface area contributed by atoms with Crippen molar-refractivity contribution in [3.63, 3.8) is 0 Å². The third-order valence-corrected chi connectivity index (χ3v) is 3.15. The quantitative estimate of drug-likeness (QED) is 0.582. The van der Waals surface area contributed by atoms with Gasteiger partial charge in [0.1, 0.15) is 0 Å². The lowest BCUT2D eigenvalue weighted by Crippen LogP contribution is -2.42. The van der Waals surface area contributed by atoms with Crippen molar-refractivity contribution in [1.82, 2.24) is 4.72 Å². The fourth-order valence-electron chi connectivity index (χ4n) is 0.724. The van der Waals surface area contributed by atoms with Crippen LogP contribution in [0.3, 0.4) is 0 Å². The van der Waals surface area contributed by atoms with Crippen molar-refractivity contribution in [1.29, 1.82) is 0 Å². The maximum Gasteiger partial charge on any atom is 0.322 e. The summed E-state index contributed by atoms with van der Waals surface area (Å²) in [5.41, 5.74) is 5.64. The van der Waals surface area contributed by atoms with Crippen LogP contribution in [-0.4, -0.2) is 39.8 Å². The molecule has 0 bridgehead atoms. The average molecular weight is 238 g/mol. The molecule has 0 aliphatic rings. The molecule has 90 valence electrons. The number of rotatable bonds is 6. The Kier molecular flexibility index (Phi) is 5.77. The number of nitrogens with two attached hydrogens (primary N) is 1. The van der Waals surface area contributed by atoms with Gasteiger partial charge in [0.15, 0.2) is 5.75 Å². The van der Waals surface area contributed by atoms with E-state index in [1.54, 1.807) is 0 Å². The van der Waals surface area contributed by atoms with Crippen molar-refractivity contribution < 1.29 is 17.9 Å². The monoisotopic (exact) mass is 238 g/mol. The van der Waals surface area contributed by atoms with Crippen LogP contribution in [0.15, 0.2) is 0 Å². The number of carbonyl (C=O) groups excluding carboxylic acids is 1. The molecule has 0 spiro atoms. The van der Waals surface area contributed by atoms with Crippen LogP contribution in [0.25, 0.3) is 0 Å². The largest absolute Gasteiger partial charge is 0.468 e. The molecule has 0 saturated heterocycles. The van der Waals surface area contributed by atoms with E-state index in [0.29, 0.717) is 0 Å². The molecule has 0 heterocycles. The maximum absolute atomic E-state index is 11.3. The molecule has 15 heavy (non-hydrogen) atoms. The first-order valence-corrected chi connectivity index (χ1v) is 6.23. The Bertz CT molecular complexity index is 300. The zero-order valence-electron chi connectivity index (χ0n) is 9.19. The van der Waals surface area contributed by atoms with Gasteiger partial charge in [0.2, 0.25) is 10.0 Å². The number of hydrogen-bond donors (Lipinski definition) is 2. The van der Waals surface area contributed by atoms with E-state index in [0.717, 1.165) is 7.11 Å². The molecule has 7 heteroatoms. The molecule has 0 aromatic carbocycles. The lowest BCUT2D eigenvalue weighted by atomic mass is 10.1. The number of nitrogens with one attached hydrogen (secondary N) is 1. The summed E-state index contributed by atoms with van der Waals surface area (Å²) in [6, 6.07) is -0.266. The predicted octanol–water partition coefficient (Wildman–Crippen LogP) is -0.938. The van der Waals surface area contributed by atoms with E-state index in [-0.39, 0.29) is 18.5 Å². The van der Waals surface area contributed by atoms with Crippen LogP contribution in [-0.2, 0) is 19.6 Å². The number of hydrogen-bond acceptors (Lipinski definition) is 5. The fraction of sp³-hybridized carbons (Fsp3) is 0.875. The highest BCUT2D eigenvalue weighted by Gasteiger charge is 2.18. The highest BCUT2D eigenvalue weighted by molar-refractivity contribution is 7.90. The van der Waals surface area contributed by atoms with Gasteiger partial charge >= 0.3 is 5.97 Å². The van der Waals surface area contributed by atoms with Crippen LogP contribution in [0.4, 0.5) is 0 Å². The van der Waals surface area contributed by atoms with Crippen molar-refractivity contribution >= 4 is 16.0 Å². The number of esters is 1. The van der Waals surface area contributed by atoms with Crippen molar-refractivity contribution in [3.05, 3.63) is 0 Å². The second-order valence-electron chi connectivity index (χ2n) is 3.59. The minimum absolute atomic E-state index is 0.122. The van der Waals surface area contributed by atoms with E-state index in [2.05, 4.69) is 9.46 Å². The third kappa shape index (κ3) is 6.43. The number of methoxy groups -OCH3 is 1. The molecule has 0 radical (unpaired) electrons. The van der Waals surface area contributed by atoms with E-state index in [9.17, 15) is 13.2 Å². The highest BCUT2D eigenvalue weighted by atomic mass is 32.2. The summed E-state index contributed by atoms with van der Waals surface area (Å²) in [6.07, 6.45) is 0. The lowest BCUT2D eigenvalue weighted by molar-refractivity contribution is -0.137. The Morgan fingerprint density at radius 1 is 1.47 bits per heavy atom. The molecular formula is C8H18N2O4S. The van der Waals surface area contributed by atoms with Gasteiger partial charge in [-0.3, -0.25) is 4.79 Å². The van der Waals surface area contributed by atoms with E-state index < -0.39 is 21.7 Å². The molecule has 0 aliphatic carbocycles. The van der Waals surface area contributed by atoms with Crippen molar-refractivity contribution in [2.75, 3.05) is 19.4 Å². The van der Waals surface area contributed by atoms with Gasteiger partial charge in [0.25, 0.3) is 0 Å². The lowest BCUT2D eigenvalue weighted by Gasteiger charge is -2.15. The standard InChI is InChI=1S/C8H18N2O4S/c1-6(2)7(9)4-10-15(12,13)5-8(11)14-3/h6-7,10H,4-5,9H2,1-3H3. The van der Waals surface area contributed by atoms with Gasteiger partial charge < -0.3 is 10.5 Å².